The zero-order valence-electron chi connectivity index (χ0n) is 10.3. The molecule has 0 spiro atoms. The summed E-state index contributed by atoms with van der Waals surface area (Å²) in [5, 5.41) is 17.8. The van der Waals surface area contributed by atoms with Gasteiger partial charge in [-0.3, -0.25) is 0 Å². The number of rotatable bonds is 5. The van der Waals surface area contributed by atoms with Crippen LogP contribution in [0.3, 0.4) is 0 Å². The molecular formula is C11H14FNO5S. The molecule has 19 heavy (non-hydrogen) atoms. The molecule has 6 nitrogen and oxygen atoms in total. The minimum Gasteiger partial charge on any atom is -0.478 e. The first-order chi connectivity index (χ1) is 8.59. The Bertz CT molecular complexity index is 597. The highest BCUT2D eigenvalue weighted by Crippen LogP contribution is 2.18. The lowest BCUT2D eigenvalue weighted by molar-refractivity contribution is 0.0696. The van der Waals surface area contributed by atoms with Crippen molar-refractivity contribution in [1.29, 1.82) is 0 Å². The Morgan fingerprint density at radius 2 is 2.00 bits per heavy atom. The third-order valence-electron chi connectivity index (χ3n) is 2.27. The molecule has 1 rings (SSSR count). The Morgan fingerprint density at radius 1 is 1.42 bits per heavy atom. The number of aliphatic hydroxyl groups excluding tert-OH is 1. The van der Waals surface area contributed by atoms with Gasteiger partial charge < -0.3 is 10.2 Å². The van der Waals surface area contributed by atoms with Crippen LogP contribution in [0.2, 0.25) is 0 Å². The summed E-state index contributed by atoms with van der Waals surface area (Å²) in [7, 11) is -4.27. The second kappa shape index (κ2) is 5.24. The van der Waals surface area contributed by atoms with E-state index >= 15 is 0 Å². The van der Waals surface area contributed by atoms with Gasteiger partial charge in [0.15, 0.2) is 0 Å². The van der Waals surface area contributed by atoms with Crippen molar-refractivity contribution < 1.29 is 27.8 Å². The second-order valence-corrected chi connectivity index (χ2v) is 6.25. The van der Waals surface area contributed by atoms with Gasteiger partial charge >= 0.3 is 5.97 Å². The minimum atomic E-state index is -4.27. The topological polar surface area (TPSA) is 104 Å². The van der Waals surface area contributed by atoms with E-state index in [4.69, 9.17) is 10.2 Å². The quantitative estimate of drug-likeness (QED) is 0.736. The van der Waals surface area contributed by atoms with Crippen molar-refractivity contribution in [3.63, 3.8) is 0 Å². The third-order valence-corrected chi connectivity index (χ3v) is 3.99. The smallest absolute Gasteiger partial charge is 0.335 e. The molecule has 1 aromatic carbocycles. The monoisotopic (exact) mass is 291 g/mol. The molecule has 0 atom stereocenters. The summed E-state index contributed by atoms with van der Waals surface area (Å²) in [5.41, 5.74) is -1.53. The molecule has 106 valence electrons. The van der Waals surface area contributed by atoms with Crippen molar-refractivity contribution >= 4 is 16.0 Å². The molecule has 3 N–H and O–H groups in total. The van der Waals surface area contributed by atoms with E-state index in [-0.39, 0.29) is 5.56 Å². The van der Waals surface area contributed by atoms with Crippen LogP contribution in [0.25, 0.3) is 0 Å². The number of carboxylic acid groups (broad SMARTS) is 1. The Morgan fingerprint density at radius 3 is 2.47 bits per heavy atom. The molecule has 0 radical (unpaired) electrons. The molecule has 0 fully saturated rings. The average molecular weight is 291 g/mol. The number of halogens is 1. The van der Waals surface area contributed by atoms with Gasteiger partial charge in [-0.1, -0.05) is 0 Å². The Labute approximate surface area is 109 Å². The Kier molecular flexibility index (Phi) is 4.28. The fourth-order valence-electron chi connectivity index (χ4n) is 1.29. The molecule has 0 unspecified atom stereocenters. The van der Waals surface area contributed by atoms with Crippen molar-refractivity contribution in [2.45, 2.75) is 24.3 Å². The highest BCUT2D eigenvalue weighted by Gasteiger charge is 2.28. The second-order valence-electron chi connectivity index (χ2n) is 4.60. The van der Waals surface area contributed by atoms with Gasteiger partial charge in [0.2, 0.25) is 10.0 Å². The number of hydrogen-bond acceptors (Lipinski definition) is 4. The van der Waals surface area contributed by atoms with Crippen LogP contribution in [-0.4, -0.2) is 36.7 Å². The van der Waals surface area contributed by atoms with Crippen molar-refractivity contribution in [1.82, 2.24) is 4.72 Å². The average Bonchev–Trinajstić information content (AvgIpc) is 2.27. The zero-order chi connectivity index (χ0) is 14.8. The largest absolute Gasteiger partial charge is 0.478 e. The van der Waals surface area contributed by atoms with Crippen LogP contribution < -0.4 is 4.72 Å². The Balaban J connectivity index is 3.28. The van der Waals surface area contributed by atoms with Gasteiger partial charge in [0.1, 0.15) is 10.7 Å². The van der Waals surface area contributed by atoms with Crippen LogP contribution in [0.5, 0.6) is 0 Å². The van der Waals surface area contributed by atoms with Gasteiger partial charge in [-0.05, 0) is 32.0 Å². The number of benzene rings is 1. The maximum Gasteiger partial charge on any atom is 0.335 e. The van der Waals surface area contributed by atoms with E-state index in [1.807, 2.05) is 0 Å². The van der Waals surface area contributed by atoms with Gasteiger partial charge in [-0.25, -0.2) is 22.3 Å². The van der Waals surface area contributed by atoms with Crippen LogP contribution in [0.15, 0.2) is 23.1 Å². The van der Waals surface area contributed by atoms with Crippen LogP contribution in [0.4, 0.5) is 4.39 Å². The van der Waals surface area contributed by atoms with Crippen LogP contribution >= 0.6 is 0 Å². The minimum absolute atomic E-state index is 0.344. The van der Waals surface area contributed by atoms with E-state index in [0.717, 1.165) is 18.2 Å². The molecule has 1 aromatic rings. The summed E-state index contributed by atoms with van der Waals surface area (Å²) < 4.78 is 39.5. The number of sulfonamides is 1. The van der Waals surface area contributed by atoms with Crippen LogP contribution in [0.1, 0.15) is 24.2 Å². The molecular weight excluding hydrogens is 277 g/mol. The van der Waals surface area contributed by atoms with Crippen LogP contribution in [0, 0.1) is 5.82 Å². The molecule has 0 amide bonds. The van der Waals surface area contributed by atoms with Gasteiger partial charge in [0.25, 0.3) is 0 Å². The van der Waals surface area contributed by atoms with Gasteiger partial charge in [-0.2, -0.15) is 0 Å². The van der Waals surface area contributed by atoms with Crippen molar-refractivity contribution in [2.75, 3.05) is 6.61 Å². The maximum absolute atomic E-state index is 13.5. The highest BCUT2D eigenvalue weighted by molar-refractivity contribution is 7.89. The number of carbonyl (C=O) groups is 1. The molecule has 0 heterocycles. The maximum atomic E-state index is 13.5. The number of nitrogens with one attached hydrogen (secondary N) is 1. The summed E-state index contributed by atoms with van der Waals surface area (Å²) >= 11 is 0. The van der Waals surface area contributed by atoms with E-state index in [1.54, 1.807) is 0 Å². The summed E-state index contributed by atoms with van der Waals surface area (Å²) in [6.45, 7) is 2.32. The number of aliphatic hydroxyl groups is 1. The van der Waals surface area contributed by atoms with E-state index in [2.05, 4.69) is 4.72 Å². The standard InChI is InChI=1S/C11H14FNO5S/c1-11(2,6-14)13-19(17,18)9-5-7(10(15)16)3-4-8(9)12/h3-5,13-14H,6H2,1-2H3,(H,15,16). The molecule has 0 saturated carbocycles. The van der Waals surface area contributed by atoms with Gasteiger partial charge in [0.05, 0.1) is 17.7 Å². The van der Waals surface area contributed by atoms with Gasteiger partial charge in [0, 0.05) is 0 Å². The van der Waals surface area contributed by atoms with Crippen molar-refractivity contribution in [3.8, 4) is 0 Å². The van der Waals surface area contributed by atoms with E-state index in [9.17, 15) is 17.6 Å². The summed E-state index contributed by atoms with van der Waals surface area (Å²) in [5.74, 6) is -2.43. The predicted molar refractivity (Wildman–Crippen MR) is 64.8 cm³/mol. The van der Waals surface area contributed by atoms with E-state index in [1.165, 1.54) is 13.8 Å². The normalized spacial score (nSPS) is 12.4. The molecule has 0 aromatic heterocycles. The predicted octanol–water partition coefficient (Wildman–Crippen LogP) is 0.573. The first-order valence-corrected chi connectivity index (χ1v) is 6.75. The molecule has 0 aliphatic rings. The summed E-state index contributed by atoms with van der Waals surface area (Å²) in [6, 6.07) is 2.46. The number of carboxylic acids is 1. The molecule has 0 aliphatic carbocycles. The number of hydrogen-bond donors (Lipinski definition) is 3. The Hall–Kier alpha value is -1.51. The molecule has 8 heteroatoms. The molecule has 0 aliphatic heterocycles. The number of aromatic carboxylic acids is 1. The highest BCUT2D eigenvalue weighted by atomic mass is 32.2. The lowest BCUT2D eigenvalue weighted by Crippen LogP contribution is -2.46. The van der Waals surface area contributed by atoms with Crippen molar-refractivity contribution in [3.05, 3.63) is 29.6 Å². The van der Waals surface area contributed by atoms with E-state index in [0.29, 0.717) is 0 Å². The molecule has 0 bridgehead atoms. The SMILES string of the molecule is CC(C)(CO)NS(=O)(=O)c1cc(C(=O)O)ccc1F. The zero-order valence-corrected chi connectivity index (χ0v) is 11.2. The lowest BCUT2D eigenvalue weighted by Gasteiger charge is -2.23. The van der Waals surface area contributed by atoms with Crippen molar-refractivity contribution in [2.24, 2.45) is 0 Å². The lowest BCUT2D eigenvalue weighted by atomic mass is 10.1. The summed E-state index contributed by atoms with van der Waals surface area (Å²) in [6.07, 6.45) is 0. The molecule has 0 saturated heterocycles. The first-order valence-electron chi connectivity index (χ1n) is 5.27. The fourth-order valence-corrected chi connectivity index (χ4v) is 2.80. The van der Waals surface area contributed by atoms with Crippen LogP contribution in [-0.2, 0) is 10.0 Å². The fraction of sp³-hybridized carbons (Fsp3) is 0.364. The summed E-state index contributed by atoms with van der Waals surface area (Å²) in [4.78, 5) is 9.99. The first kappa shape index (κ1) is 15.5. The van der Waals surface area contributed by atoms with E-state index < -0.39 is 38.9 Å². The third kappa shape index (κ3) is 3.72. The van der Waals surface area contributed by atoms with Gasteiger partial charge in [-0.15, -0.1) is 0 Å².